The first kappa shape index (κ1) is 15.4. The Morgan fingerprint density at radius 1 is 1.19 bits per heavy atom. The van der Waals surface area contributed by atoms with Gasteiger partial charge in [-0.15, -0.1) is 0 Å². The molecule has 6 heteroatoms. The minimum Gasteiger partial charge on any atom is -0.495 e. The summed E-state index contributed by atoms with van der Waals surface area (Å²) in [6, 6.07) is 1.83. The van der Waals surface area contributed by atoms with Gasteiger partial charge in [0.15, 0.2) is 11.6 Å². The van der Waals surface area contributed by atoms with Crippen molar-refractivity contribution in [3.05, 3.63) is 12.3 Å². The van der Waals surface area contributed by atoms with Gasteiger partial charge in [0, 0.05) is 38.2 Å². The molecule has 116 valence electrons. The van der Waals surface area contributed by atoms with Crippen LogP contribution in [0.5, 0.6) is 11.5 Å². The molecule has 0 N–H and O–H groups in total. The average molecular weight is 293 g/mol. The minimum absolute atomic E-state index is 0.0465. The van der Waals surface area contributed by atoms with E-state index >= 15 is 0 Å². The lowest BCUT2D eigenvalue weighted by molar-refractivity contribution is -0.134. The minimum atomic E-state index is 0.0465. The number of carbonyl (C=O) groups is 1. The summed E-state index contributed by atoms with van der Waals surface area (Å²) in [6.07, 6.45) is 1.68. The molecule has 1 aromatic rings. The van der Waals surface area contributed by atoms with Crippen LogP contribution in [0.4, 0.5) is 5.82 Å². The van der Waals surface area contributed by atoms with Gasteiger partial charge in [-0.3, -0.25) is 4.79 Å². The summed E-state index contributed by atoms with van der Waals surface area (Å²) in [5, 5.41) is 0. The second kappa shape index (κ2) is 6.65. The van der Waals surface area contributed by atoms with E-state index in [4.69, 9.17) is 9.47 Å². The van der Waals surface area contributed by atoms with Crippen molar-refractivity contribution in [1.82, 2.24) is 9.88 Å². The van der Waals surface area contributed by atoms with Crippen LogP contribution in [-0.2, 0) is 4.79 Å². The van der Waals surface area contributed by atoms with Crippen LogP contribution in [0.25, 0.3) is 0 Å². The molecule has 1 aromatic heterocycles. The molecule has 0 saturated carbocycles. The van der Waals surface area contributed by atoms with Crippen LogP contribution in [0.3, 0.4) is 0 Å². The molecule has 0 aromatic carbocycles. The Morgan fingerprint density at radius 2 is 1.86 bits per heavy atom. The van der Waals surface area contributed by atoms with Gasteiger partial charge in [0.05, 0.1) is 20.4 Å². The molecule has 2 heterocycles. The third kappa shape index (κ3) is 3.37. The highest BCUT2D eigenvalue weighted by molar-refractivity contribution is 5.78. The highest BCUT2D eigenvalue weighted by Gasteiger charge is 2.25. The van der Waals surface area contributed by atoms with Gasteiger partial charge in [-0.05, 0) is 0 Å². The van der Waals surface area contributed by atoms with E-state index < -0.39 is 0 Å². The number of pyridine rings is 1. The topological polar surface area (TPSA) is 54.9 Å². The van der Waals surface area contributed by atoms with Crippen LogP contribution in [0.15, 0.2) is 12.3 Å². The van der Waals surface area contributed by atoms with Gasteiger partial charge in [-0.25, -0.2) is 4.98 Å². The number of aromatic nitrogens is 1. The molecule has 1 fully saturated rings. The summed E-state index contributed by atoms with van der Waals surface area (Å²) in [7, 11) is 3.23. The van der Waals surface area contributed by atoms with Gasteiger partial charge in [-0.1, -0.05) is 13.8 Å². The van der Waals surface area contributed by atoms with E-state index in [0.717, 1.165) is 18.9 Å². The number of nitrogens with zero attached hydrogens (tertiary/aromatic N) is 3. The maximum absolute atomic E-state index is 12.0. The summed E-state index contributed by atoms with van der Waals surface area (Å²) in [4.78, 5) is 20.5. The van der Waals surface area contributed by atoms with Crippen molar-refractivity contribution in [1.29, 1.82) is 0 Å². The number of piperazine rings is 1. The molecule has 0 atom stereocenters. The molecule has 1 amide bonds. The predicted octanol–water partition coefficient (Wildman–Crippen LogP) is 1.40. The Balaban J connectivity index is 2.07. The summed E-state index contributed by atoms with van der Waals surface area (Å²) >= 11 is 0. The van der Waals surface area contributed by atoms with Gasteiger partial charge >= 0.3 is 0 Å². The van der Waals surface area contributed by atoms with Crippen molar-refractivity contribution in [3.8, 4) is 11.5 Å². The fraction of sp³-hybridized carbons (Fsp3) is 0.600. The highest BCUT2D eigenvalue weighted by atomic mass is 16.5. The lowest BCUT2D eigenvalue weighted by atomic mass is 10.1. The average Bonchev–Trinajstić information content (AvgIpc) is 2.53. The largest absolute Gasteiger partial charge is 0.495 e. The number of hydrogen-bond donors (Lipinski definition) is 0. The molecule has 0 bridgehead atoms. The van der Waals surface area contributed by atoms with Gasteiger partial charge in [-0.2, -0.15) is 0 Å². The first-order valence-corrected chi connectivity index (χ1v) is 7.18. The molecule has 0 aliphatic carbocycles. The quantitative estimate of drug-likeness (QED) is 0.840. The number of hydrogen-bond acceptors (Lipinski definition) is 5. The van der Waals surface area contributed by atoms with E-state index in [0.29, 0.717) is 24.6 Å². The molecular formula is C15H23N3O3. The Labute approximate surface area is 125 Å². The third-order valence-electron chi connectivity index (χ3n) is 3.65. The molecule has 0 radical (unpaired) electrons. The molecule has 1 aliphatic heterocycles. The van der Waals surface area contributed by atoms with E-state index in [9.17, 15) is 4.79 Å². The summed E-state index contributed by atoms with van der Waals surface area (Å²) < 4.78 is 10.5. The molecule has 6 nitrogen and oxygen atoms in total. The molecular weight excluding hydrogens is 270 g/mol. The standard InChI is InChI=1S/C15H23N3O3/c1-11(2)15(19)18-7-5-17(6-8-18)14-13(21-4)9-12(20-3)10-16-14/h9-11H,5-8H2,1-4H3. The maximum Gasteiger partial charge on any atom is 0.225 e. The Kier molecular flexibility index (Phi) is 4.88. The second-order valence-electron chi connectivity index (χ2n) is 5.37. The van der Waals surface area contributed by atoms with E-state index in [1.165, 1.54) is 0 Å². The summed E-state index contributed by atoms with van der Waals surface area (Å²) in [5.74, 6) is 2.42. The fourth-order valence-electron chi connectivity index (χ4n) is 2.42. The highest BCUT2D eigenvalue weighted by Crippen LogP contribution is 2.30. The lowest BCUT2D eigenvalue weighted by Crippen LogP contribution is -2.50. The second-order valence-corrected chi connectivity index (χ2v) is 5.37. The van der Waals surface area contributed by atoms with Crippen molar-refractivity contribution < 1.29 is 14.3 Å². The maximum atomic E-state index is 12.0. The molecule has 0 spiro atoms. The number of methoxy groups -OCH3 is 2. The van der Waals surface area contributed by atoms with Gasteiger partial charge in [0.1, 0.15) is 5.75 Å². The Hall–Kier alpha value is -1.98. The van der Waals surface area contributed by atoms with Gasteiger partial charge in [0.25, 0.3) is 0 Å². The molecule has 21 heavy (non-hydrogen) atoms. The number of rotatable bonds is 4. The monoisotopic (exact) mass is 293 g/mol. The molecule has 2 rings (SSSR count). The first-order chi connectivity index (χ1) is 10.1. The van der Waals surface area contributed by atoms with Crippen molar-refractivity contribution >= 4 is 11.7 Å². The van der Waals surface area contributed by atoms with Crippen LogP contribution in [0.1, 0.15) is 13.8 Å². The number of anilines is 1. The Morgan fingerprint density at radius 3 is 2.38 bits per heavy atom. The van der Waals surface area contributed by atoms with E-state index in [1.54, 1.807) is 20.4 Å². The fourth-order valence-corrected chi connectivity index (χ4v) is 2.42. The third-order valence-corrected chi connectivity index (χ3v) is 3.65. The zero-order valence-corrected chi connectivity index (χ0v) is 13.1. The van der Waals surface area contributed by atoms with Crippen LogP contribution >= 0.6 is 0 Å². The van der Waals surface area contributed by atoms with Crippen LogP contribution in [-0.4, -0.2) is 56.2 Å². The molecule has 1 saturated heterocycles. The number of carbonyl (C=O) groups excluding carboxylic acids is 1. The first-order valence-electron chi connectivity index (χ1n) is 7.18. The van der Waals surface area contributed by atoms with E-state index in [1.807, 2.05) is 24.8 Å². The normalized spacial score (nSPS) is 15.3. The summed E-state index contributed by atoms with van der Waals surface area (Å²) in [6.45, 7) is 6.82. The van der Waals surface area contributed by atoms with Crippen LogP contribution < -0.4 is 14.4 Å². The SMILES string of the molecule is COc1cnc(N2CCN(C(=O)C(C)C)CC2)c(OC)c1. The van der Waals surface area contributed by atoms with Crippen molar-refractivity contribution in [2.75, 3.05) is 45.3 Å². The van der Waals surface area contributed by atoms with Gasteiger partial charge < -0.3 is 19.3 Å². The lowest BCUT2D eigenvalue weighted by Gasteiger charge is -2.36. The number of ether oxygens (including phenoxy) is 2. The summed E-state index contributed by atoms with van der Waals surface area (Å²) in [5.41, 5.74) is 0. The Bertz CT molecular complexity index is 497. The van der Waals surface area contributed by atoms with Crippen molar-refractivity contribution in [2.45, 2.75) is 13.8 Å². The van der Waals surface area contributed by atoms with Crippen LogP contribution in [0.2, 0.25) is 0 Å². The van der Waals surface area contributed by atoms with Crippen molar-refractivity contribution in [2.24, 2.45) is 5.92 Å². The van der Waals surface area contributed by atoms with Crippen molar-refractivity contribution in [3.63, 3.8) is 0 Å². The van der Waals surface area contributed by atoms with E-state index in [-0.39, 0.29) is 11.8 Å². The zero-order chi connectivity index (χ0) is 15.4. The predicted molar refractivity (Wildman–Crippen MR) is 81.0 cm³/mol. The van der Waals surface area contributed by atoms with Crippen LogP contribution in [0, 0.1) is 5.92 Å². The molecule has 1 aliphatic rings. The van der Waals surface area contributed by atoms with Gasteiger partial charge in [0.2, 0.25) is 5.91 Å². The van der Waals surface area contributed by atoms with E-state index in [2.05, 4.69) is 9.88 Å². The molecule has 0 unspecified atom stereocenters. The zero-order valence-electron chi connectivity index (χ0n) is 13.1. The smallest absolute Gasteiger partial charge is 0.225 e. The number of amides is 1.